The highest BCUT2D eigenvalue weighted by atomic mass is 32.2. The van der Waals surface area contributed by atoms with Gasteiger partial charge in [-0.25, -0.2) is 18.4 Å². The fourth-order valence-electron chi connectivity index (χ4n) is 3.04. The van der Waals surface area contributed by atoms with Crippen LogP contribution < -0.4 is 15.8 Å². The van der Waals surface area contributed by atoms with Crippen molar-refractivity contribution in [3.63, 3.8) is 0 Å². The number of benzene rings is 2. The van der Waals surface area contributed by atoms with Crippen molar-refractivity contribution >= 4 is 33.3 Å². The smallest absolute Gasteiger partial charge is 0.366 e. The van der Waals surface area contributed by atoms with E-state index in [-0.39, 0.29) is 35.7 Å². The molecule has 0 spiro atoms. The SMILES string of the molecule is CS(=O)(=O)Nc1ccccc1CCc1nc(Nc2ccc(C(N)=O)cc2)ncc1C(F)(F)F. The maximum atomic E-state index is 13.5. The molecule has 2 aromatic carbocycles. The molecular formula is C21H20F3N5O3S. The number of anilines is 3. The highest BCUT2D eigenvalue weighted by Crippen LogP contribution is 2.32. The molecule has 0 aliphatic heterocycles. The molecule has 1 heterocycles. The lowest BCUT2D eigenvalue weighted by Crippen LogP contribution is -2.15. The van der Waals surface area contributed by atoms with E-state index in [2.05, 4.69) is 20.0 Å². The molecule has 0 saturated heterocycles. The minimum absolute atomic E-state index is 0.0626. The summed E-state index contributed by atoms with van der Waals surface area (Å²) in [5, 5.41) is 2.80. The predicted octanol–water partition coefficient (Wildman–Crippen LogP) is 3.49. The fraction of sp³-hybridized carbons (Fsp3) is 0.190. The van der Waals surface area contributed by atoms with Gasteiger partial charge in [0.2, 0.25) is 21.9 Å². The molecule has 4 N–H and O–H groups in total. The number of hydrogen-bond donors (Lipinski definition) is 3. The normalized spacial score (nSPS) is 11.8. The van der Waals surface area contributed by atoms with Crippen LogP contribution in [0, 0.1) is 0 Å². The molecule has 0 aliphatic carbocycles. The van der Waals surface area contributed by atoms with Gasteiger partial charge in [-0.3, -0.25) is 9.52 Å². The number of primary amides is 1. The minimum atomic E-state index is -4.67. The standard InChI is InChI=1S/C21H20F3N5O3S/c1-33(31,32)29-17-5-3-2-4-13(17)8-11-18-16(21(22,23)24)12-26-20(28-18)27-15-9-6-14(7-10-15)19(25)30/h2-7,9-10,12,29H,8,11H2,1H3,(H2,25,30)(H,26,27,28). The average molecular weight is 479 g/mol. The Morgan fingerprint density at radius 1 is 1.06 bits per heavy atom. The molecule has 0 fully saturated rings. The zero-order valence-electron chi connectivity index (χ0n) is 17.3. The molecule has 1 aromatic heterocycles. The van der Waals surface area contributed by atoms with Crippen LogP contribution in [0.15, 0.2) is 54.7 Å². The van der Waals surface area contributed by atoms with E-state index < -0.39 is 27.7 Å². The van der Waals surface area contributed by atoms with E-state index in [1.54, 1.807) is 18.2 Å². The van der Waals surface area contributed by atoms with Crippen LogP contribution in [0.25, 0.3) is 0 Å². The number of para-hydroxylation sites is 1. The van der Waals surface area contributed by atoms with Crippen LogP contribution >= 0.6 is 0 Å². The number of rotatable bonds is 8. The van der Waals surface area contributed by atoms with Gasteiger partial charge in [0.15, 0.2) is 0 Å². The summed E-state index contributed by atoms with van der Waals surface area (Å²) in [6.07, 6.45) is -2.99. The Balaban J connectivity index is 1.87. The van der Waals surface area contributed by atoms with Gasteiger partial charge in [-0.2, -0.15) is 13.2 Å². The van der Waals surface area contributed by atoms with Crippen molar-refractivity contribution in [3.8, 4) is 0 Å². The summed E-state index contributed by atoms with van der Waals surface area (Å²) in [5.41, 5.74) is 5.50. The van der Waals surface area contributed by atoms with E-state index in [1.165, 1.54) is 30.3 Å². The van der Waals surface area contributed by atoms with Gasteiger partial charge in [-0.05, 0) is 48.7 Å². The molecule has 0 atom stereocenters. The zero-order chi connectivity index (χ0) is 24.2. The summed E-state index contributed by atoms with van der Waals surface area (Å²) in [5.74, 6) is -0.673. The second-order valence-corrected chi connectivity index (χ2v) is 8.90. The van der Waals surface area contributed by atoms with Gasteiger partial charge in [-0.1, -0.05) is 18.2 Å². The quantitative estimate of drug-likeness (QED) is 0.454. The lowest BCUT2D eigenvalue weighted by molar-refractivity contribution is -0.138. The molecule has 174 valence electrons. The number of amides is 1. The molecule has 0 saturated carbocycles. The van der Waals surface area contributed by atoms with Gasteiger partial charge >= 0.3 is 6.18 Å². The zero-order valence-corrected chi connectivity index (χ0v) is 18.2. The Bertz CT molecular complexity index is 1260. The molecule has 3 aromatic rings. The van der Waals surface area contributed by atoms with Crippen LogP contribution in [0.4, 0.5) is 30.5 Å². The Kier molecular flexibility index (Phi) is 6.86. The Morgan fingerprint density at radius 3 is 2.33 bits per heavy atom. The first-order valence-electron chi connectivity index (χ1n) is 9.58. The number of aryl methyl sites for hydroxylation is 2. The first kappa shape index (κ1) is 24.0. The summed E-state index contributed by atoms with van der Waals surface area (Å²) in [7, 11) is -3.56. The van der Waals surface area contributed by atoms with Gasteiger partial charge in [-0.15, -0.1) is 0 Å². The van der Waals surface area contributed by atoms with Crippen LogP contribution in [0.3, 0.4) is 0 Å². The van der Waals surface area contributed by atoms with E-state index in [0.717, 1.165) is 6.26 Å². The lowest BCUT2D eigenvalue weighted by Gasteiger charge is -2.15. The summed E-state index contributed by atoms with van der Waals surface area (Å²) in [6.45, 7) is 0. The molecule has 1 amide bonds. The number of halogens is 3. The van der Waals surface area contributed by atoms with Crippen LogP contribution in [0.1, 0.15) is 27.2 Å². The Hall–Kier alpha value is -3.67. The maximum Gasteiger partial charge on any atom is 0.419 e. The van der Waals surface area contributed by atoms with Crippen molar-refractivity contribution in [2.75, 3.05) is 16.3 Å². The first-order valence-corrected chi connectivity index (χ1v) is 11.5. The number of aromatic nitrogens is 2. The van der Waals surface area contributed by atoms with Crippen molar-refractivity contribution in [1.82, 2.24) is 9.97 Å². The van der Waals surface area contributed by atoms with Crippen LogP contribution in [-0.2, 0) is 29.0 Å². The topological polar surface area (TPSA) is 127 Å². The van der Waals surface area contributed by atoms with Gasteiger partial charge in [0.05, 0.1) is 23.2 Å². The number of alkyl halides is 3. The van der Waals surface area contributed by atoms with E-state index in [9.17, 15) is 26.4 Å². The monoisotopic (exact) mass is 479 g/mol. The van der Waals surface area contributed by atoms with Crippen molar-refractivity contribution in [2.45, 2.75) is 19.0 Å². The van der Waals surface area contributed by atoms with E-state index in [0.29, 0.717) is 17.4 Å². The molecule has 0 bridgehead atoms. The van der Waals surface area contributed by atoms with E-state index in [4.69, 9.17) is 5.73 Å². The van der Waals surface area contributed by atoms with Crippen molar-refractivity contribution in [3.05, 3.63) is 77.1 Å². The summed E-state index contributed by atoms with van der Waals surface area (Å²) in [4.78, 5) is 19.0. The third-order valence-corrected chi connectivity index (χ3v) is 5.13. The number of sulfonamides is 1. The second kappa shape index (κ2) is 9.45. The predicted molar refractivity (Wildman–Crippen MR) is 118 cm³/mol. The van der Waals surface area contributed by atoms with Gasteiger partial charge in [0.25, 0.3) is 0 Å². The van der Waals surface area contributed by atoms with Gasteiger partial charge in [0, 0.05) is 17.4 Å². The molecule has 0 aliphatic rings. The van der Waals surface area contributed by atoms with Crippen molar-refractivity contribution in [2.24, 2.45) is 5.73 Å². The molecular weight excluding hydrogens is 459 g/mol. The summed E-state index contributed by atoms with van der Waals surface area (Å²) >= 11 is 0. The summed E-state index contributed by atoms with van der Waals surface area (Å²) < 4.78 is 66.1. The van der Waals surface area contributed by atoms with Crippen LogP contribution in [-0.4, -0.2) is 30.5 Å². The Labute approximate surface area is 188 Å². The fourth-order valence-corrected chi connectivity index (χ4v) is 3.64. The third-order valence-electron chi connectivity index (χ3n) is 4.54. The number of nitrogens with one attached hydrogen (secondary N) is 2. The van der Waals surface area contributed by atoms with Gasteiger partial charge in [0.1, 0.15) is 0 Å². The molecule has 3 rings (SSSR count). The highest BCUT2D eigenvalue weighted by Gasteiger charge is 2.34. The van der Waals surface area contributed by atoms with Crippen LogP contribution in [0.2, 0.25) is 0 Å². The number of nitrogens with zero attached hydrogens (tertiary/aromatic N) is 2. The third kappa shape index (κ3) is 6.65. The molecule has 33 heavy (non-hydrogen) atoms. The lowest BCUT2D eigenvalue weighted by atomic mass is 10.0. The first-order chi connectivity index (χ1) is 15.4. The number of carbonyl (C=O) groups is 1. The minimum Gasteiger partial charge on any atom is -0.366 e. The average Bonchev–Trinajstić information content (AvgIpc) is 2.72. The van der Waals surface area contributed by atoms with E-state index >= 15 is 0 Å². The molecule has 8 nitrogen and oxygen atoms in total. The molecule has 0 unspecified atom stereocenters. The molecule has 0 radical (unpaired) electrons. The second-order valence-electron chi connectivity index (χ2n) is 7.15. The van der Waals surface area contributed by atoms with Crippen molar-refractivity contribution in [1.29, 1.82) is 0 Å². The molecule has 12 heteroatoms. The van der Waals surface area contributed by atoms with E-state index in [1.807, 2.05) is 0 Å². The number of carbonyl (C=O) groups excluding carboxylic acids is 1. The maximum absolute atomic E-state index is 13.5. The van der Waals surface area contributed by atoms with Crippen LogP contribution in [0.5, 0.6) is 0 Å². The highest BCUT2D eigenvalue weighted by molar-refractivity contribution is 7.92. The number of nitrogens with two attached hydrogens (primary N) is 1. The van der Waals surface area contributed by atoms with Gasteiger partial charge < -0.3 is 11.1 Å². The Morgan fingerprint density at radius 2 is 1.73 bits per heavy atom. The van der Waals surface area contributed by atoms with Crippen molar-refractivity contribution < 1.29 is 26.4 Å². The largest absolute Gasteiger partial charge is 0.419 e. The number of hydrogen-bond acceptors (Lipinski definition) is 6. The summed E-state index contributed by atoms with van der Waals surface area (Å²) in [6, 6.07) is 12.4.